The van der Waals surface area contributed by atoms with Crippen LogP contribution in [0.3, 0.4) is 0 Å². The highest BCUT2D eigenvalue weighted by molar-refractivity contribution is 7.09. The molecule has 3 aromatic rings. The Bertz CT molecular complexity index is 1140. The van der Waals surface area contributed by atoms with Crippen molar-refractivity contribution in [2.24, 2.45) is 0 Å². The van der Waals surface area contributed by atoms with E-state index in [0.29, 0.717) is 36.4 Å². The Balaban J connectivity index is 1.31. The van der Waals surface area contributed by atoms with Crippen LogP contribution in [0.2, 0.25) is 0 Å². The van der Waals surface area contributed by atoms with Crippen molar-refractivity contribution >= 4 is 34.7 Å². The van der Waals surface area contributed by atoms with E-state index < -0.39 is 5.97 Å². The zero-order chi connectivity index (χ0) is 22.5. The van der Waals surface area contributed by atoms with E-state index >= 15 is 0 Å². The number of thiazole rings is 1. The number of carbonyl (C=O) groups is 3. The third-order valence-corrected chi connectivity index (χ3v) is 5.85. The molecule has 1 aliphatic heterocycles. The molecule has 0 N–H and O–H groups in total. The summed E-state index contributed by atoms with van der Waals surface area (Å²) in [7, 11) is 0. The molecule has 2 heterocycles. The number of aryl methyl sites for hydroxylation is 1. The Morgan fingerprint density at radius 2 is 1.94 bits per heavy atom. The summed E-state index contributed by atoms with van der Waals surface area (Å²) in [5, 5.41) is 2.89. The first kappa shape index (κ1) is 21.7. The largest absolute Gasteiger partial charge is 0.487 e. The topological polar surface area (TPSA) is 85.8 Å². The predicted octanol–water partition coefficient (Wildman–Crippen LogP) is 4.20. The molecular weight excluding hydrogens is 428 g/mol. The first-order chi connectivity index (χ1) is 15.5. The lowest BCUT2D eigenvalue weighted by molar-refractivity contribution is -0.117. The van der Waals surface area contributed by atoms with Gasteiger partial charge in [0.05, 0.1) is 16.3 Å². The maximum absolute atomic E-state index is 12.4. The molecule has 2 aromatic carbocycles. The van der Waals surface area contributed by atoms with Gasteiger partial charge in [0.15, 0.2) is 12.4 Å². The average Bonchev–Trinajstić information content (AvgIpc) is 3.43. The van der Waals surface area contributed by atoms with E-state index in [1.165, 1.54) is 0 Å². The second kappa shape index (κ2) is 9.74. The van der Waals surface area contributed by atoms with Gasteiger partial charge in [0.2, 0.25) is 5.91 Å². The Morgan fingerprint density at radius 1 is 1.12 bits per heavy atom. The number of hydrogen-bond acceptors (Lipinski definition) is 7. The van der Waals surface area contributed by atoms with Gasteiger partial charge < -0.3 is 14.4 Å². The van der Waals surface area contributed by atoms with Gasteiger partial charge in [-0.25, -0.2) is 9.78 Å². The number of esters is 1. The van der Waals surface area contributed by atoms with Crippen LogP contribution in [-0.4, -0.2) is 35.8 Å². The van der Waals surface area contributed by atoms with Crippen LogP contribution in [0, 0.1) is 6.92 Å². The predicted molar refractivity (Wildman–Crippen MR) is 120 cm³/mol. The monoisotopic (exact) mass is 450 g/mol. The molecule has 1 aliphatic rings. The van der Waals surface area contributed by atoms with Gasteiger partial charge in [-0.1, -0.05) is 6.07 Å². The molecule has 1 aromatic heterocycles. The molecule has 0 bridgehead atoms. The van der Waals surface area contributed by atoms with Crippen molar-refractivity contribution in [3.05, 3.63) is 75.7 Å². The van der Waals surface area contributed by atoms with Crippen LogP contribution in [-0.2, 0) is 16.1 Å². The van der Waals surface area contributed by atoms with Gasteiger partial charge in [-0.05, 0) is 55.8 Å². The minimum Gasteiger partial charge on any atom is -0.487 e. The Kier molecular flexibility index (Phi) is 6.61. The number of carbonyl (C=O) groups excluding carboxylic acids is 3. The Labute approximate surface area is 189 Å². The van der Waals surface area contributed by atoms with Gasteiger partial charge >= 0.3 is 5.97 Å². The molecule has 8 heteroatoms. The average molecular weight is 451 g/mol. The molecule has 164 valence electrons. The summed E-state index contributed by atoms with van der Waals surface area (Å²) >= 11 is 1.55. The molecule has 1 saturated heterocycles. The fourth-order valence-corrected chi connectivity index (χ4v) is 3.99. The second-order valence-corrected chi connectivity index (χ2v) is 8.43. The van der Waals surface area contributed by atoms with Crippen LogP contribution in [0.5, 0.6) is 5.75 Å². The van der Waals surface area contributed by atoms with E-state index in [4.69, 9.17) is 9.47 Å². The number of aromatic nitrogens is 1. The standard InChI is InChI=1S/C24H22N2O5S/c1-16-25-19(15-32-16)13-30-21-5-2-4-18(12-21)24(29)31-14-22(27)17-7-9-20(10-8-17)26-11-3-6-23(26)28/h2,4-5,7-10,12,15H,3,6,11,13-14H2,1H3. The van der Waals surface area contributed by atoms with E-state index in [1.807, 2.05) is 12.3 Å². The van der Waals surface area contributed by atoms with Crippen LogP contribution in [0.15, 0.2) is 53.9 Å². The van der Waals surface area contributed by atoms with E-state index in [0.717, 1.165) is 22.8 Å². The van der Waals surface area contributed by atoms with Gasteiger partial charge in [0, 0.05) is 29.6 Å². The summed E-state index contributed by atoms with van der Waals surface area (Å²) in [5.74, 6) is -0.314. The Hall–Kier alpha value is -3.52. The van der Waals surface area contributed by atoms with Crippen molar-refractivity contribution in [2.75, 3.05) is 18.1 Å². The minimum atomic E-state index is -0.604. The first-order valence-electron chi connectivity index (χ1n) is 10.2. The molecular formula is C24H22N2O5S. The maximum atomic E-state index is 12.4. The zero-order valence-electron chi connectivity index (χ0n) is 17.6. The summed E-state index contributed by atoms with van der Waals surface area (Å²) in [6.07, 6.45) is 1.39. The van der Waals surface area contributed by atoms with Gasteiger partial charge in [-0.2, -0.15) is 0 Å². The maximum Gasteiger partial charge on any atom is 0.338 e. The molecule has 1 fully saturated rings. The van der Waals surface area contributed by atoms with E-state index in [2.05, 4.69) is 4.98 Å². The lowest BCUT2D eigenvalue weighted by atomic mass is 10.1. The van der Waals surface area contributed by atoms with E-state index in [9.17, 15) is 14.4 Å². The van der Waals surface area contributed by atoms with Crippen LogP contribution < -0.4 is 9.64 Å². The molecule has 0 spiro atoms. The number of ether oxygens (including phenoxy) is 2. The van der Waals surface area contributed by atoms with Gasteiger partial charge in [-0.15, -0.1) is 11.3 Å². The van der Waals surface area contributed by atoms with E-state index in [1.54, 1.807) is 64.8 Å². The number of Topliss-reactive ketones (excluding diaryl/α,β-unsaturated/α-hetero) is 1. The van der Waals surface area contributed by atoms with Gasteiger partial charge in [0.25, 0.3) is 0 Å². The number of rotatable bonds is 8. The minimum absolute atomic E-state index is 0.0888. The van der Waals surface area contributed by atoms with Crippen LogP contribution >= 0.6 is 11.3 Å². The molecule has 0 radical (unpaired) electrons. The quantitative estimate of drug-likeness (QED) is 0.378. The number of amides is 1. The van der Waals surface area contributed by atoms with Crippen molar-refractivity contribution in [2.45, 2.75) is 26.4 Å². The van der Waals surface area contributed by atoms with Gasteiger partial charge in [0.1, 0.15) is 12.4 Å². The summed E-state index contributed by atoms with van der Waals surface area (Å²) in [5.41, 5.74) is 2.31. The summed E-state index contributed by atoms with van der Waals surface area (Å²) < 4.78 is 10.9. The normalized spacial score (nSPS) is 13.3. The third-order valence-electron chi connectivity index (χ3n) is 5.03. The van der Waals surface area contributed by atoms with Crippen LogP contribution in [0.1, 0.15) is 44.3 Å². The smallest absolute Gasteiger partial charge is 0.338 e. The number of benzene rings is 2. The van der Waals surface area contributed by atoms with Crippen LogP contribution in [0.4, 0.5) is 5.69 Å². The number of ketones is 1. The number of anilines is 1. The fraction of sp³-hybridized carbons (Fsp3) is 0.250. The van der Waals surface area contributed by atoms with Crippen molar-refractivity contribution in [1.29, 1.82) is 0 Å². The van der Waals surface area contributed by atoms with Crippen molar-refractivity contribution in [3.8, 4) is 5.75 Å². The lowest BCUT2D eigenvalue weighted by Crippen LogP contribution is -2.23. The summed E-state index contributed by atoms with van der Waals surface area (Å²) in [4.78, 5) is 42.7. The van der Waals surface area contributed by atoms with Crippen LogP contribution in [0.25, 0.3) is 0 Å². The van der Waals surface area contributed by atoms with Crippen molar-refractivity contribution < 1.29 is 23.9 Å². The van der Waals surface area contributed by atoms with Crippen molar-refractivity contribution in [1.82, 2.24) is 4.98 Å². The summed E-state index contributed by atoms with van der Waals surface area (Å²) in [6, 6.07) is 13.4. The molecule has 0 unspecified atom stereocenters. The third kappa shape index (κ3) is 5.20. The molecule has 32 heavy (non-hydrogen) atoms. The number of hydrogen-bond donors (Lipinski definition) is 0. The van der Waals surface area contributed by atoms with Crippen molar-refractivity contribution in [3.63, 3.8) is 0 Å². The van der Waals surface area contributed by atoms with E-state index in [-0.39, 0.29) is 18.3 Å². The molecule has 7 nitrogen and oxygen atoms in total. The number of nitrogens with zero attached hydrogens (tertiary/aromatic N) is 2. The molecule has 0 atom stereocenters. The molecule has 0 saturated carbocycles. The second-order valence-electron chi connectivity index (χ2n) is 7.37. The lowest BCUT2D eigenvalue weighted by Gasteiger charge is -2.15. The summed E-state index contributed by atoms with van der Waals surface area (Å²) in [6.45, 7) is 2.55. The highest BCUT2D eigenvalue weighted by Gasteiger charge is 2.22. The molecule has 4 rings (SSSR count). The highest BCUT2D eigenvalue weighted by atomic mass is 32.1. The fourth-order valence-electron chi connectivity index (χ4n) is 3.39. The highest BCUT2D eigenvalue weighted by Crippen LogP contribution is 2.22. The molecule has 0 aliphatic carbocycles. The zero-order valence-corrected chi connectivity index (χ0v) is 18.4. The first-order valence-corrected chi connectivity index (χ1v) is 11.1. The molecule has 1 amide bonds. The Morgan fingerprint density at radius 3 is 2.62 bits per heavy atom. The SMILES string of the molecule is Cc1nc(COc2cccc(C(=O)OCC(=O)c3ccc(N4CCCC4=O)cc3)c2)cs1. The van der Waals surface area contributed by atoms with Gasteiger partial charge in [-0.3, -0.25) is 9.59 Å².